The fourth-order valence-electron chi connectivity index (χ4n) is 4.15. The molecule has 2 bridgehead atoms. The van der Waals surface area contributed by atoms with Crippen LogP contribution in [0.1, 0.15) is 25.7 Å². The van der Waals surface area contributed by atoms with E-state index in [1.165, 1.54) is 31.2 Å². The number of halogens is 1. The van der Waals surface area contributed by atoms with Gasteiger partial charge in [-0.05, 0) is 67.4 Å². The molecule has 1 aromatic heterocycles. The average Bonchev–Trinajstić information content (AvgIpc) is 3.05. The summed E-state index contributed by atoms with van der Waals surface area (Å²) >= 11 is 11.5. The lowest BCUT2D eigenvalue weighted by molar-refractivity contribution is 0.297. The van der Waals surface area contributed by atoms with E-state index in [2.05, 4.69) is 15.6 Å². The number of rotatable bonds is 2. The minimum atomic E-state index is 0.760. The molecule has 0 amide bonds. The Hall–Kier alpha value is -0.800. The molecule has 1 aromatic carbocycles. The molecule has 0 aliphatic heterocycles. The maximum Gasteiger partial charge on any atom is 0.178 e. The van der Waals surface area contributed by atoms with E-state index in [1.807, 2.05) is 12.1 Å². The van der Waals surface area contributed by atoms with Crippen molar-refractivity contribution in [2.75, 3.05) is 0 Å². The van der Waals surface area contributed by atoms with Crippen LogP contribution in [0.25, 0.3) is 11.0 Å². The van der Waals surface area contributed by atoms with Gasteiger partial charge in [0.1, 0.15) is 0 Å². The second-order valence-electron chi connectivity index (χ2n) is 6.14. The SMILES string of the molecule is S=c1[nH]c2cc(Cl)ccc2n1CC1CC2CCC1C2. The van der Waals surface area contributed by atoms with Gasteiger partial charge in [0, 0.05) is 11.6 Å². The number of nitrogens with zero attached hydrogens (tertiary/aromatic N) is 1. The summed E-state index contributed by atoms with van der Waals surface area (Å²) in [6.07, 6.45) is 5.73. The molecule has 2 aliphatic rings. The highest BCUT2D eigenvalue weighted by Gasteiger charge is 2.39. The van der Waals surface area contributed by atoms with Gasteiger partial charge in [-0.1, -0.05) is 18.0 Å². The van der Waals surface area contributed by atoms with Gasteiger partial charge in [0.2, 0.25) is 0 Å². The van der Waals surface area contributed by atoms with Crippen molar-refractivity contribution in [1.82, 2.24) is 9.55 Å². The number of benzene rings is 1. The van der Waals surface area contributed by atoms with Crippen LogP contribution in [0.5, 0.6) is 0 Å². The van der Waals surface area contributed by atoms with E-state index in [-0.39, 0.29) is 0 Å². The highest BCUT2D eigenvalue weighted by molar-refractivity contribution is 7.71. The molecule has 2 aromatic rings. The van der Waals surface area contributed by atoms with E-state index < -0.39 is 0 Å². The van der Waals surface area contributed by atoms with Crippen LogP contribution in [0.15, 0.2) is 18.2 Å². The molecule has 0 radical (unpaired) electrons. The lowest BCUT2D eigenvalue weighted by atomic mass is 9.89. The average molecular weight is 293 g/mol. The molecule has 100 valence electrons. The molecule has 2 nitrogen and oxygen atoms in total. The molecule has 1 N–H and O–H groups in total. The predicted molar refractivity (Wildman–Crippen MR) is 81.1 cm³/mol. The van der Waals surface area contributed by atoms with Gasteiger partial charge in [-0.25, -0.2) is 0 Å². The van der Waals surface area contributed by atoms with Gasteiger partial charge in [0.05, 0.1) is 11.0 Å². The van der Waals surface area contributed by atoms with Crippen LogP contribution in [-0.4, -0.2) is 9.55 Å². The Morgan fingerprint density at radius 1 is 1.32 bits per heavy atom. The largest absolute Gasteiger partial charge is 0.331 e. The lowest BCUT2D eigenvalue weighted by Gasteiger charge is -2.22. The second kappa shape index (κ2) is 4.35. The summed E-state index contributed by atoms with van der Waals surface area (Å²) in [7, 11) is 0. The summed E-state index contributed by atoms with van der Waals surface area (Å²) in [5.74, 6) is 2.74. The van der Waals surface area contributed by atoms with Gasteiger partial charge in [0.15, 0.2) is 4.77 Å². The fourth-order valence-corrected chi connectivity index (χ4v) is 4.61. The van der Waals surface area contributed by atoms with Gasteiger partial charge in [-0.3, -0.25) is 0 Å². The van der Waals surface area contributed by atoms with Crippen molar-refractivity contribution in [2.45, 2.75) is 32.2 Å². The number of aromatic amines is 1. The standard InChI is InChI=1S/C15H17ClN2S/c16-12-3-4-14-13(7-12)17-15(19)18(14)8-11-6-9-1-2-10(11)5-9/h3-4,7,9-11H,1-2,5-6,8H2,(H,17,19). The normalized spacial score (nSPS) is 29.4. The minimum Gasteiger partial charge on any atom is -0.331 e. The zero-order chi connectivity index (χ0) is 13.0. The van der Waals surface area contributed by atoms with Crippen molar-refractivity contribution >= 4 is 34.9 Å². The number of nitrogens with one attached hydrogen (secondary N) is 1. The summed E-state index contributed by atoms with van der Waals surface area (Å²) in [5.41, 5.74) is 2.25. The van der Waals surface area contributed by atoms with E-state index in [4.69, 9.17) is 23.8 Å². The Bertz CT molecular complexity index is 687. The molecule has 0 saturated heterocycles. The van der Waals surface area contributed by atoms with Crippen molar-refractivity contribution in [3.63, 3.8) is 0 Å². The van der Waals surface area contributed by atoms with Gasteiger partial charge >= 0.3 is 0 Å². The van der Waals surface area contributed by atoms with Crippen LogP contribution in [0.3, 0.4) is 0 Å². The summed E-state index contributed by atoms with van der Waals surface area (Å²) in [6.45, 7) is 1.07. The molecular formula is C15H17ClN2S. The first-order chi connectivity index (χ1) is 9.20. The smallest absolute Gasteiger partial charge is 0.178 e. The Morgan fingerprint density at radius 3 is 2.95 bits per heavy atom. The number of hydrogen-bond donors (Lipinski definition) is 1. The van der Waals surface area contributed by atoms with Gasteiger partial charge in [-0.15, -0.1) is 0 Å². The number of hydrogen-bond acceptors (Lipinski definition) is 1. The number of aromatic nitrogens is 2. The van der Waals surface area contributed by atoms with Crippen molar-refractivity contribution in [1.29, 1.82) is 0 Å². The van der Waals surface area contributed by atoms with Crippen LogP contribution in [0, 0.1) is 22.5 Å². The van der Waals surface area contributed by atoms with Crippen molar-refractivity contribution < 1.29 is 0 Å². The first-order valence-corrected chi connectivity index (χ1v) is 7.87. The first-order valence-electron chi connectivity index (χ1n) is 7.09. The Labute approximate surface area is 122 Å². The van der Waals surface area contributed by atoms with Gasteiger partial charge in [0.25, 0.3) is 0 Å². The highest BCUT2D eigenvalue weighted by Crippen LogP contribution is 2.49. The zero-order valence-electron chi connectivity index (χ0n) is 10.7. The number of imidazole rings is 1. The van der Waals surface area contributed by atoms with E-state index in [1.54, 1.807) is 0 Å². The summed E-state index contributed by atoms with van der Waals surface area (Å²) < 4.78 is 3.10. The molecule has 3 unspecified atom stereocenters. The lowest BCUT2D eigenvalue weighted by Crippen LogP contribution is -2.17. The number of fused-ring (bicyclic) bond motifs is 3. The molecule has 4 rings (SSSR count). The van der Waals surface area contributed by atoms with Gasteiger partial charge < -0.3 is 9.55 Å². The predicted octanol–water partition coefficient (Wildman–Crippen LogP) is 4.79. The Kier molecular flexibility index (Phi) is 2.75. The topological polar surface area (TPSA) is 20.7 Å². The molecular weight excluding hydrogens is 276 g/mol. The third kappa shape index (κ3) is 1.95. The van der Waals surface area contributed by atoms with Crippen LogP contribution < -0.4 is 0 Å². The van der Waals surface area contributed by atoms with E-state index in [0.29, 0.717) is 0 Å². The molecule has 3 atom stereocenters. The van der Waals surface area contributed by atoms with Crippen molar-refractivity contribution in [3.8, 4) is 0 Å². The van der Waals surface area contributed by atoms with E-state index in [9.17, 15) is 0 Å². The minimum absolute atomic E-state index is 0.760. The molecule has 2 fully saturated rings. The zero-order valence-corrected chi connectivity index (χ0v) is 12.3. The number of H-pyrrole nitrogens is 1. The maximum absolute atomic E-state index is 6.04. The van der Waals surface area contributed by atoms with Crippen molar-refractivity contribution in [3.05, 3.63) is 28.0 Å². The third-order valence-corrected chi connectivity index (χ3v) is 5.60. The summed E-state index contributed by atoms with van der Waals surface area (Å²) in [5, 5.41) is 0.760. The molecule has 2 saturated carbocycles. The Morgan fingerprint density at radius 2 is 2.21 bits per heavy atom. The summed E-state index contributed by atoms with van der Waals surface area (Å²) in [4.78, 5) is 3.28. The molecule has 19 heavy (non-hydrogen) atoms. The van der Waals surface area contributed by atoms with Crippen LogP contribution in [0.2, 0.25) is 5.02 Å². The molecule has 4 heteroatoms. The van der Waals surface area contributed by atoms with Crippen LogP contribution >= 0.6 is 23.8 Å². The van der Waals surface area contributed by atoms with Gasteiger partial charge in [-0.2, -0.15) is 0 Å². The second-order valence-corrected chi connectivity index (χ2v) is 6.96. The quantitative estimate of drug-likeness (QED) is 0.789. The van der Waals surface area contributed by atoms with E-state index in [0.717, 1.165) is 39.6 Å². The molecule has 0 spiro atoms. The maximum atomic E-state index is 6.04. The molecule has 1 heterocycles. The third-order valence-electron chi connectivity index (χ3n) is 5.04. The monoisotopic (exact) mass is 292 g/mol. The van der Waals surface area contributed by atoms with E-state index >= 15 is 0 Å². The van der Waals surface area contributed by atoms with Crippen LogP contribution in [0.4, 0.5) is 0 Å². The first kappa shape index (κ1) is 12.0. The van der Waals surface area contributed by atoms with Crippen LogP contribution in [-0.2, 0) is 6.54 Å². The summed E-state index contributed by atoms with van der Waals surface area (Å²) in [6, 6.07) is 5.99. The Balaban J connectivity index is 1.71. The molecule has 2 aliphatic carbocycles. The van der Waals surface area contributed by atoms with Crippen molar-refractivity contribution in [2.24, 2.45) is 17.8 Å². The fraction of sp³-hybridized carbons (Fsp3) is 0.533. The highest BCUT2D eigenvalue weighted by atomic mass is 35.5.